The van der Waals surface area contributed by atoms with Gasteiger partial charge in [-0.1, -0.05) is 12.1 Å². The monoisotopic (exact) mass is 283 g/mol. The number of halogens is 1. The molecule has 5 heteroatoms. The van der Waals surface area contributed by atoms with Crippen LogP contribution in [0.25, 0.3) is 11.0 Å². The molecule has 0 aliphatic heterocycles. The van der Waals surface area contributed by atoms with Gasteiger partial charge in [-0.2, -0.15) is 0 Å². The third-order valence-electron chi connectivity index (χ3n) is 2.78. The van der Waals surface area contributed by atoms with Gasteiger partial charge in [0, 0.05) is 16.7 Å². The van der Waals surface area contributed by atoms with Gasteiger partial charge < -0.3 is 8.97 Å². The molecule has 104 valence electrons. The summed E-state index contributed by atoms with van der Waals surface area (Å²) in [5.74, 6) is 0.200. The van der Waals surface area contributed by atoms with E-state index in [1.807, 2.05) is 27.7 Å². The topological polar surface area (TPSA) is 48.2 Å². The highest BCUT2D eigenvalue weighted by atomic mass is 32.2. The predicted octanol–water partition coefficient (Wildman–Crippen LogP) is 3.68. The molecular weight excluding hydrogens is 265 g/mol. The second-order valence-electron chi connectivity index (χ2n) is 5.53. The van der Waals surface area contributed by atoms with Gasteiger partial charge in [-0.05, 0) is 39.8 Å². The van der Waals surface area contributed by atoms with Gasteiger partial charge in [-0.25, -0.2) is 4.39 Å². The first kappa shape index (κ1) is 14.4. The summed E-state index contributed by atoms with van der Waals surface area (Å²) in [6.45, 7) is 7.52. The first-order chi connectivity index (χ1) is 8.79. The van der Waals surface area contributed by atoms with E-state index in [1.165, 1.54) is 6.07 Å². The molecule has 0 saturated heterocycles. The van der Waals surface area contributed by atoms with E-state index in [1.54, 1.807) is 18.2 Å². The lowest BCUT2D eigenvalue weighted by molar-refractivity contribution is 0.465. The molecule has 1 aromatic heterocycles. The Balaban J connectivity index is 2.22. The summed E-state index contributed by atoms with van der Waals surface area (Å²) in [6.07, 6.45) is 0. The molecule has 0 saturated carbocycles. The van der Waals surface area contributed by atoms with Crippen molar-refractivity contribution >= 4 is 22.3 Å². The van der Waals surface area contributed by atoms with Crippen molar-refractivity contribution in [3.63, 3.8) is 0 Å². The fraction of sp³-hybridized carbons (Fsp3) is 0.429. The van der Waals surface area contributed by atoms with Crippen LogP contribution in [0.2, 0.25) is 0 Å². The van der Waals surface area contributed by atoms with Gasteiger partial charge in [0.1, 0.15) is 16.5 Å². The Morgan fingerprint density at radius 3 is 2.63 bits per heavy atom. The van der Waals surface area contributed by atoms with Crippen LogP contribution >= 0.6 is 0 Å². The minimum atomic E-state index is -1.20. The van der Waals surface area contributed by atoms with Crippen LogP contribution in [-0.4, -0.2) is 9.30 Å². The second-order valence-corrected chi connectivity index (χ2v) is 7.53. The maximum atomic E-state index is 13.5. The van der Waals surface area contributed by atoms with Crippen LogP contribution in [0.1, 0.15) is 39.5 Å². The Hall–Kier alpha value is -1.04. The third-order valence-corrected chi connectivity index (χ3v) is 4.46. The smallest absolute Gasteiger partial charge is 0.169 e. The number of rotatable bonds is 3. The van der Waals surface area contributed by atoms with E-state index in [-0.39, 0.29) is 22.2 Å². The third kappa shape index (κ3) is 3.11. The lowest BCUT2D eigenvalue weighted by Gasteiger charge is -2.25. The number of para-hydroxylation sites is 1. The molecule has 2 rings (SSSR count). The highest BCUT2D eigenvalue weighted by molar-refractivity contribution is 7.90. The molecule has 0 aliphatic rings. The number of furan rings is 1. The van der Waals surface area contributed by atoms with E-state index in [4.69, 9.17) is 4.42 Å². The van der Waals surface area contributed by atoms with Gasteiger partial charge >= 0.3 is 0 Å². The van der Waals surface area contributed by atoms with Crippen molar-refractivity contribution in [1.82, 2.24) is 4.72 Å². The average molecular weight is 283 g/mol. The molecule has 19 heavy (non-hydrogen) atoms. The molecule has 0 fully saturated rings. The standard InChI is InChI=1S/C14H18FNO2S/c1-9(16-19(17)14(2,3)4)12-8-10-6-5-7-11(15)13(10)18-12/h5-9,16H,1-4H3. The predicted molar refractivity (Wildman–Crippen MR) is 75.6 cm³/mol. The van der Waals surface area contributed by atoms with Crippen LogP contribution < -0.4 is 4.72 Å². The minimum absolute atomic E-state index is 0.243. The van der Waals surface area contributed by atoms with Crippen LogP contribution in [0, 0.1) is 5.82 Å². The molecule has 2 aromatic rings. The minimum Gasteiger partial charge on any atom is -0.598 e. The van der Waals surface area contributed by atoms with Gasteiger partial charge in [0.15, 0.2) is 11.4 Å². The van der Waals surface area contributed by atoms with E-state index < -0.39 is 11.4 Å². The fourth-order valence-corrected chi connectivity index (χ4v) is 2.45. The zero-order valence-electron chi connectivity index (χ0n) is 11.5. The van der Waals surface area contributed by atoms with Crippen molar-refractivity contribution in [3.8, 4) is 0 Å². The molecule has 0 spiro atoms. The molecule has 1 heterocycles. The second kappa shape index (κ2) is 5.15. The summed E-state index contributed by atoms with van der Waals surface area (Å²) in [7, 11) is 0. The van der Waals surface area contributed by atoms with E-state index in [2.05, 4.69) is 4.72 Å². The Morgan fingerprint density at radius 1 is 1.37 bits per heavy atom. The highest BCUT2D eigenvalue weighted by Gasteiger charge is 2.29. The summed E-state index contributed by atoms with van der Waals surface area (Å²) in [4.78, 5) is 0. The normalized spacial score (nSPS) is 15.7. The van der Waals surface area contributed by atoms with Gasteiger partial charge in [0.25, 0.3) is 0 Å². The fourth-order valence-electron chi connectivity index (χ4n) is 1.66. The number of hydrogen-bond acceptors (Lipinski definition) is 3. The van der Waals surface area contributed by atoms with E-state index in [0.717, 1.165) is 0 Å². The molecular formula is C14H18FNO2S. The Bertz CT molecular complexity index is 576. The molecule has 0 radical (unpaired) electrons. The van der Waals surface area contributed by atoms with Crippen LogP contribution in [0.4, 0.5) is 4.39 Å². The SMILES string of the molecule is CC(N[S+]([O-])C(C)(C)C)c1cc2cccc(F)c2o1. The highest BCUT2D eigenvalue weighted by Crippen LogP contribution is 2.27. The van der Waals surface area contributed by atoms with Gasteiger partial charge in [0.2, 0.25) is 0 Å². The van der Waals surface area contributed by atoms with Gasteiger partial charge in [0.05, 0.1) is 0 Å². The maximum absolute atomic E-state index is 13.5. The van der Waals surface area contributed by atoms with Gasteiger partial charge in [-0.15, -0.1) is 4.72 Å². The molecule has 2 atom stereocenters. The zero-order chi connectivity index (χ0) is 14.2. The molecule has 0 aliphatic carbocycles. The van der Waals surface area contributed by atoms with Crippen LogP contribution in [0.15, 0.2) is 28.7 Å². The van der Waals surface area contributed by atoms with Gasteiger partial charge in [-0.3, -0.25) is 0 Å². The Labute approximate surface area is 115 Å². The maximum Gasteiger partial charge on any atom is 0.169 e. The largest absolute Gasteiger partial charge is 0.598 e. The van der Waals surface area contributed by atoms with Crippen molar-refractivity contribution < 1.29 is 13.4 Å². The number of hydrogen-bond donors (Lipinski definition) is 1. The van der Waals surface area contributed by atoms with E-state index in [9.17, 15) is 8.94 Å². The summed E-state index contributed by atoms with van der Waals surface area (Å²) in [5, 5.41) is 0.713. The van der Waals surface area contributed by atoms with Crippen LogP contribution in [0.5, 0.6) is 0 Å². The lowest BCUT2D eigenvalue weighted by Crippen LogP contribution is -2.40. The van der Waals surface area contributed by atoms with E-state index >= 15 is 0 Å². The summed E-state index contributed by atoms with van der Waals surface area (Å²) < 4.78 is 33.7. The summed E-state index contributed by atoms with van der Waals surface area (Å²) >= 11 is -1.20. The number of benzene rings is 1. The van der Waals surface area contributed by atoms with Crippen LogP contribution in [0.3, 0.4) is 0 Å². The number of fused-ring (bicyclic) bond motifs is 1. The summed E-state index contributed by atoms with van der Waals surface area (Å²) in [5.41, 5.74) is 0.243. The number of nitrogens with one attached hydrogen (secondary N) is 1. The molecule has 0 amide bonds. The first-order valence-electron chi connectivity index (χ1n) is 6.15. The molecule has 2 unspecified atom stereocenters. The van der Waals surface area contributed by atoms with Crippen LogP contribution in [-0.2, 0) is 11.4 Å². The Kier molecular flexibility index (Phi) is 3.90. The van der Waals surface area contributed by atoms with Crippen molar-refractivity contribution in [3.05, 3.63) is 35.8 Å². The quantitative estimate of drug-likeness (QED) is 0.874. The molecule has 0 bridgehead atoms. The molecule has 1 N–H and O–H groups in total. The average Bonchev–Trinajstić information content (AvgIpc) is 2.73. The van der Waals surface area contributed by atoms with E-state index in [0.29, 0.717) is 11.1 Å². The Morgan fingerprint density at radius 2 is 2.05 bits per heavy atom. The lowest BCUT2D eigenvalue weighted by atomic mass is 10.2. The first-order valence-corrected chi connectivity index (χ1v) is 7.30. The van der Waals surface area contributed by atoms with Crippen molar-refractivity contribution in [2.75, 3.05) is 0 Å². The zero-order valence-corrected chi connectivity index (χ0v) is 12.3. The molecule has 3 nitrogen and oxygen atoms in total. The van der Waals surface area contributed by atoms with Crippen molar-refractivity contribution in [2.24, 2.45) is 0 Å². The molecule has 1 aromatic carbocycles. The summed E-state index contributed by atoms with van der Waals surface area (Å²) in [6, 6.07) is 6.32. The van der Waals surface area contributed by atoms with Crippen molar-refractivity contribution in [2.45, 2.75) is 38.5 Å². The van der Waals surface area contributed by atoms with Crippen molar-refractivity contribution in [1.29, 1.82) is 0 Å².